The fourth-order valence-electron chi connectivity index (χ4n) is 1.44. The van der Waals surface area contributed by atoms with Crippen molar-refractivity contribution in [2.45, 2.75) is 43.9 Å². The van der Waals surface area contributed by atoms with Gasteiger partial charge in [0.15, 0.2) is 12.2 Å². The normalized spacial score (nSPS) is 16.0. The zero-order chi connectivity index (χ0) is 16.6. The SMILES string of the molecule is CC(=O)OC[C@@H](O)[C@@H](OC(C)=O)[C@H](OC(C)=O)[C@@H](Br)C=O. The highest BCUT2D eigenvalue weighted by Gasteiger charge is 2.38. The molecule has 9 heteroatoms. The zero-order valence-corrected chi connectivity index (χ0v) is 13.4. The number of aliphatic hydroxyl groups excluding tert-OH is 1. The molecule has 0 aromatic rings. The summed E-state index contributed by atoms with van der Waals surface area (Å²) in [7, 11) is 0. The van der Waals surface area contributed by atoms with Crippen molar-refractivity contribution in [2.24, 2.45) is 0 Å². The third-order valence-electron chi connectivity index (χ3n) is 2.21. The Morgan fingerprint density at radius 1 is 1.05 bits per heavy atom. The summed E-state index contributed by atoms with van der Waals surface area (Å²) >= 11 is 2.96. The van der Waals surface area contributed by atoms with E-state index in [1.807, 2.05) is 0 Å². The smallest absolute Gasteiger partial charge is 0.303 e. The van der Waals surface area contributed by atoms with Gasteiger partial charge >= 0.3 is 17.9 Å². The molecular formula is C12H17BrO8. The highest BCUT2D eigenvalue weighted by atomic mass is 79.9. The Hall–Kier alpha value is -1.48. The standard InChI is InChI=1S/C12H17BrO8/c1-6(15)19-5-10(18)12(21-8(3)17)11(9(13)4-14)20-7(2)16/h4,9-12,18H,5H2,1-3H3/t9-,10+,11+,12+/m0/s1. The summed E-state index contributed by atoms with van der Waals surface area (Å²) in [5.74, 6) is -2.14. The molecule has 0 bridgehead atoms. The van der Waals surface area contributed by atoms with Gasteiger partial charge in [0.05, 0.1) is 0 Å². The number of esters is 3. The van der Waals surface area contributed by atoms with Crippen molar-refractivity contribution in [1.29, 1.82) is 0 Å². The second-order valence-electron chi connectivity index (χ2n) is 4.10. The Labute approximate surface area is 129 Å². The Balaban J connectivity index is 5.18. The van der Waals surface area contributed by atoms with Gasteiger partial charge in [-0.2, -0.15) is 0 Å². The monoisotopic (exact) mass is 368 g/mol. The lowest BCUT2D eigenvalue weighted by atomic mass is 10.1. The van der Waals surface area contributed by atoms with E-state index in [2.05, 4.69) is 20.7 Å². The summed E-state index contributed by atoms with van der Waals surface area (Å²) in [6.07, 6.45) is -3.69. The van der Waals surface area contributed by atoms with Crippen molar-refractivity contribution in [1.82, 2.24) is 0 Å². The topological polar surface area (TPSA) is 116 Å². The van der Waals surface area contributed by atoms with E-state index in [-0.39, 0.29) is 0 Å². The van der Waals surface area contributed by atoms with E-state index >= 15 is 0 Å². The Morgan fingerprint density at radius 3 is 1.90 bits per heavy atom. The van der Waals surface area contributed by atoms with Gasteiger partial charge in [0.25, 0.3) is 0 Å². The molecule has 0 spiro atoms. The zero-order valence-electron chi connectivity index (χ0n) is 11.8. The summed E-state index contributed by atoms with van der Waals surface area (Å²) < 4.78 is 14.4. The second kappa shape index (κ2) is 9.46. The Morgan fingerprint density at radius 2 is 1.52 bits per heavy atom. The van der Waals surface area contributed by atoms with E-state index in [0.29, 0.717) is 6.29 Å². The predicted molar refractivity (Wildman–Crippen MR) is 72.5 cm³/mol. The molecule has 0 saturated carbocycles. The molecule has 21 heavy (non-hydrogen) atoms. The molecule has 4 atom stereocenters. The molecule has 0 aromatic carbocycles. The van der Waals surface area contributed by atoms with Gasteiger partial charge in [0.2, 0.25) is 0 Å². The van der Waals surface area contributed by atoms with E-state index in [4.69, 9.17) is 9.47 Å². The first-order valence-electron chi connectivity index (χ1n) is 5.94. The Bertz CT molecular complexity index is 397. The maximum Gasteiger partial charge on any atom is 0.303 e. The third-order valence-corrected chi connectivity index (χ3v) is 2.95. The summed E-state index contributed by atoms with van der Waals surface area (Å²) in [4.78, 5) is 42.8. The first-order chi connectivity index (χ1) is 9.68. The number of hydrogen-bond donors (Lipinski definition) is 1. The minimum atomic E-state index is -1.47. The van der Waals surface area contributed by atoms with Gasteiger partial charge in [0, 0.05) is 20.8 Å². The fraction of sp³-hybridized carbons (Fsp3) is 0.667. The van der Waals surface area contributed by atoms with Crippen molar-refractivity contribution in [3.8, 4) is 0 Å². The molecule has 0 heterocycles. The molecule has 0 unspecified atom stereocenters. The van der Waals surface area contributed by atoms with E-state index in [1.165, 1.54) is 0 Å². The highest BCUT2D eigenvalue weighted by Crippen LogP contribution is 2.18. The molecule has 120 valence electrons. The average Bonchev–Trinajstić information content (AvgIpc) is 2.38. The van der Waals surface area contributed by atoms with Crippen molar-refractivity contribution >= 4 is 40.1 Å². The van der Waals surface area contributed by atoms with Crippen molar-refractivity contribution < 1.29 is 38.5 Å². The maximum absolute atomic E-state index is 11.1. The number of halogens is 1. The molecule has 0 rings (SSSR count). The van der Waals surface area contributed by atoms with Crippen LogP contribution in [0.25, 0.3) is 0 Å². The third kappa shape index (κ3) is 7.76. The van der Waals surface area contributed by atoms with Crippen LogP contribution in [0, 0.1) is 0 Å². The lowest BCUT2D eigenvalue weighted by Gasteiger charge is -2.30. The number of aliphatic hydroxyl groups is 1. The first-order valence-corrected chi connectivity index (χ1v) is 6.85. The summed E-state index contributed by atoms with van der Waals surface area (Å²) in [6, 6.07) is 0. The summed E-state index contributed by atoms with van der Waals surface area (Å²) in [6.45, 7) is 2.83. The number of hydrogen-bond acceptors (Lipinski definition) is 8. The van der Waals surface area contributed by atoms with Crippen LogP contribution in [0.3, 0.4) is 0 Å². The number of carbonyl (C=O) groups excluding carboxylic acids is 4. The van der Waals surface area contributed by atoms with E-state index < -0.39 is 47.7 Å². The van der Waals surface area contributed by atoms with E-state index in [9.17, 15) is 24.3 Å². The van der Waals surface area contributed by atoms with Gasteiger partial charge in [-0.1, -0.05) is 15.9 Å². The molecule has 0 radical (unpaired) electrons. The number of aldehydes is 1. The van der Waals surface area contributed by atoms with Gasteiger partial charge < -0.3 is 24.1 Å². The van der Waals surface area contributed by atoms with Crippen LogP contribution in [-0.2, 0) is 33.4 Å². The van der Waals surface area contributed by atoms with Crippen LogP contribution in [0.5, 0.6) is 0 Å². The number of ether oxygens (including phenoxy) is 3. The quantitative estimate of drug-likeness (QED) is 0.269. The van der Waals surface area contributed by atoms with Gasteiger partial charge in [0.1, 0.15) is 23.8 Å². The minimum absolute atomic E-state index is 0.419. The van der Waals surface area contributed by atoms with Crippen LogP contribution in [-0.4, -0.2) is 59.0 Å². The van der Waals surface area contributed by atoms with E-state index in [1.54, 1.807) is 0 Å². The largest absolute Gasteiger partial charge is 0.463 e. The highest BCUT2D eigenvalue weighted by molar-refractivity contribution is 9.10. The summed E-state index contributed by atoms with van der Waals surface area (Å²) in [5.41, 5.74) is 0. The molecule has 0 aliphatic heterocycles. The van der Waals surface area contributed by atoms with Crippen molar-refractivity contribution in [3.05, 3.63) is 0 Å². The molecule has 0 fully saturated rings. The van der Waals surface area contributed by atoms with Crippen LogP contribution >= 0.6 is 15.9 Å². The first kappa shape index (κ1) is 19.5. The number of rotatable bonds is 8. The molecular weight excluding hydrogens is 352 g/mol. The predicted octanol–water partition coefficient (Wildman–Crippen LogP) is -0.264. The molecule has 0 amide bonds. The van der Waals surface area contributed by atoms with Crippen LogP contribution in [0.1, 0.15) is 20.8 Å². The molecule has 0 aromatic heterocycles. The van der Waals surface area contributed by atoms with Crippen molar-refractivity contribution in [2.75, 3.05) is 6.61 Å². The molecule has 1 N–H and O–H groups in total. The van der Waals surface area contributed by atoms with Crippen LogP contribution in [0.2, 0.25) is 0 Å². The maximum atomic E-state index is 11.1. The molecule has 0 aliphatic carbocycles. The lowest BCUT2D eigenvalue weighted by molar-refractivity contribution is -0.179. The lowest BCUT2D eigenvalue weighted by Crippen LogP contribution is -2.49. The fourth-order valence-corrected chi connectivity index (χ4v) is 1.84. The van der Waals surface area contributed by atoms with Gasteiger partial charge in [-0.05, 0) is 0 Å². The molecule has 0 saturated heterocycles. The van der Waals surface area contributed by atoms with Gasteiger partial charge in [-0.25, -0.2) is 0 Å². The van der Waals surface area contributed by atoms with Crippen molar-refractivity contribution in [3.63, 3.8) is 0 Å². The Kier molecular flexibility index (Phi) is 8.79. The van der Waals surface area contributed by atoms with Gasteiger partial charge in [-0.3, -0.25) is 14.4 Å². The minimum Gasteiger partial charge on any atom is -0.463 e. The van der Waals surface area contributed by atoms with Gasteiger partial charge in [-0.15, -0.1) is 0 Å². The van der Waals surface area contributed by atoms with Crippen LogP contribution in [0.15, 0.2) is 0 Å². The van der Waals surface area contributed by atoms with Crippen LogP contribution < -0.4 is 0 Å². The number of alkyl halides is 1. The molecule has 0 aliphatic rings. The summed E-state index contributed by atoms with van der Waals surface area (Å²) in [5, 5.41) is 9.95. The molecule has 8 nitrogen and oxygen atoms in total. The van der Waals surface area contributed by atoms with E-state index in [0.717, 1.165) is 20.8 Å². The van der Waals surface area contributed by atoms with Crippen LogP contribution in [0.4, 0.5) is 0 Å². The number of carbonyl (C=O) groups is 4. The average molecular weight is 369 g/mol. The second-order valence-corrected chi connectivity index (χ2v) is 5.16.